The highest BCUT2D eigenvalue weighted by Gasteiger charge is 2.25. The third-order valence-electron chi connectivity index (χ3n) is 6.41. The minimum atomic E-state index is -3.75. The first-order valence-corrected chi connectivity index (χ1v) is 13.5. The van der Waals surface area contributed by atoms with E-state index in [9.17, 15) is 8.42 Å². The fourth-order valence-corrected chi connectivity index (χ4v) is 6.01. The number of fused-ring (bicyclic) bond motifs is 2. The Balaban J connectivity index is 1.51. The van der Waals surface area contributed by atoms with Crippen LogP contribution in [0.2, 0.25) is 0 Å². The van der Waals surface area contributed by atoms with Crippen molar-refractivity contribution in [1.82, 2.24) is 9.21 Å². The molecular weight excluding hydrogens is 464 g/mol. The molecule has 0 heterocycles. The van der Waals surface area contributed by atoms with E-state index in [4.69, 9.17) is 0 Å². The van der Waals surface area contributed by atoms with Gasteiger partial charge in [0.1, 0.15) is 0 Å². The highest BCUT2D eigenvalue weighted by molar-refractivity contribution is 7.89. The van der Waals surface area contributed by atoms with Crippen LogP contribution in [-0.2, 0) is 29.7 Å². The molecular formula is C31H30N2O2S. The quantitative estimate of drug-likeness (QED) is 0.249. The Bertz CT molecular complexity index is 1610. The van der Waals surface area contributed by atoms with Crippen molar-refractivity contribution < 1.29 is 8.42 Å². The molecule has 4 nitrogen and oxygen atoms in total. The van der Waals surface area contributed by atoms with E-state index in [1.54, 1.807) is 16.4 Å². The highest BCUT2D eigenvalue weighted by atomic mass is 32.2. The van der Waals surface area contributed by atoms with Crippen LogP contribution < -0.4 is 0 Å². The molecule has 36 heavy (non-hydrogen) atoms. The lowest BCUT2D eigenvalue weighted by Crippen LogP contribution is -2.30. The third-order valence-corrected chi connectivity index (χ3v) is 8.20. The summed E-state index contributed by atoms with van der Waals surface area (Å²) in [4.78, 5) is 2.43. The summed E-state index contributed by atoms with van der Waals surface area (Å²) in [5.74, 6) is 0. The normalized spacial score (nSPS) is 12.1. The summed E-state index contributed by atoms with van der Waals surface area (Å²) >= 11 is 0. The van der Waals surface area contributed by atoms with Gasteiger partial charge in [-0.1, -0.05) is 91.0 Å². The van der Waals surface area contributed by atoms with Gasteiger partial charge in [-0.3, -0.25) is 0 Å². The second-order valence-corrected chi connectivity index (χ2v) is 11.5. The van der Waals surface area contributed by atoms with Gasteiger partial charge in [0.15, 0.2) is 0 Å². The summed E-state index contributed by atoms with van der Waals surface area (Å²) in [5.41, 5.74) is 3.12. The topological polar surface area (TPSA) is 40.6 Å². The smallest absolute Gasteiger partial charge is 0.243 e. The Morgan fingerprint density at radius 3 is 1.61 bits per heavy atom. The number of hydrogen-bond donors (Lipinski definition) is 0. The molecule has 5 heteroatoms. The van der Waals surface area contributed by atoms with Crippen molar-refractivity contribution in [1.29, 1.82) is 0 Å². The SMILES string of the molecule is CN(C)Cc1ccc(CN(Cc2ccc3ccccc3c2)S(=O)(=O)c2ccc3ccccc3c2)cc1. The lowest BCUT2D eigenvalue weighted by Gasteiger charge is -2.23. The predicted octanol–water partition coefficient (Wildman–Crippen LogP) is 6.45. The van der Waals surface area contributed by atoms with Gasteiger partial charge in [0.25, 0.3) is 0 Å². The molecule has 0 unspecified atom stereocenters. The van der Waals surface area contributed by atoms with Gasteiger partial charge in [-0.25, -0.2) is 8.42 Å². The molecule has 0 saturated carbocycles. The average molecular weight is 495 g/mol. The summed E-state index contributed by atoms with van der Waals surface area (Å²) in [6.07, 6.45) is 0. The molecule has 0 aliphatic heterocycles. The van der Waals surface area contributed by atoms with E-state index in [0.717, 1.165) is 39.2 Å². The van der Waals surface area contributed by atoms with Gasteiger partial charge in [0.2, 0.25) is 10.0 Å². The number of benzene rings is 5. The average Bonchev–Trinajstić information content (AvgIpc) is 2.88. The van der Waals surface area contributed by atoms with Gasteiger partial charge in [-0.2, -0.15) is 4.31 Å². The zero-order chi connectivity index (χ0) is 25.1. The summed E-state index contributed by atoms with van der Waals surface area (Å²) in [5, 5.41) is 4.18. The minimum absolute atomic E-state index is 0.291. The van der Waals surface area contributed by atoms with Crippen molar-refractivity contribution in [3.05, 3.63) is 126 Å². The van der Waals surface area contributed by atoms with E-state index in [2.05, 4.69) is 41.3 Å². The van der Waals surface area contributed by atoms with E-state index >= 15 is 0 Å². The van der Waals surface area contributed by atoms with Gasteiger partial charge in [0.05, 0.1) is 4.90 Å². The van der Waals surface area contributed by atoms with Crippen LogP contribution in [0.5, 0.6) is 0 Å². The van der Waals surface area contributed by atoms with Gasteiger partial charge in [0, 0.05) is 19.6 Å². The lowest BCUT2D eigenvalue weighted by molar-refractivity contribution is 0.398. The van der Waals surface area contributed by atoms with Crippen LogP contribution in [0.1, 0.15) is 16.7 Å². The largest absolute Gasteiger partial charge is 0.305 e. The predicted molar refractivity (Wildman–Crippen MR) is 148 cm³/mol. The number of nitrogens with zero attached hydrogens (tertiary/aromatic N) is 2. The molecule has 0 bridgehead atoms. The molecule has 0 amide bonds. The van der Waals surface area contributed by atoms with Crippen LogP contribution in [0, 0.1) is 0 Å². The van der Waals surface area contributed by atoms with Crippen LogP contribution in [0.3, 0.4) is 0 Å². The Labute approximate surface area is 213 Å². The maximum absolute atomic E-state index is 14.0. The van der Waals surface area contributed by atoms with E-state index in [0.29, 0.717) is 18.0 Å². The first kappa shape index (κ1) is 24.2. The van der Waals surface area contributed by atoms with Crippen LogP contribution in [0.15, 0.2) is 114 Å². The first-order chi connectivity index (χ1) is 17.4. The van der Waals surface area contributed by atoms with Gasteiger partial charge >= 0.3 is 0 Å². The van der Waals surface area contributed by atoms with Crippen molar-refractivity contribution in [2.45, 2.75) is 24.5 Å². The monoisotopic (exact) mass is 494 g/mol. The van der Waals surface area contributed by atoms with E-state index in [1.807, 2.05) is 74.8 Å². The van der Waals surface area contributed by atoms with Crippen molar-refractivity contribution in [3.63, 3.8) is 0 Å². The second-order valence-electron chi connectivity index (χ2n) is 9.52. The standard InChI is InChI=1S/C31H30N2O2S/c1-32(2)21-24-11-13-25(14-12-24)22-33(23-26-15-16-27-7-3-5-9-29(27)19-26)36(34,35)31-18-17-28-8-4-6-10-30(28)20-31/h3-20H,21-23H2,1-2H3. The summed E-state index contributed by atoms with van der Waals surface area (Å²) in [6, 6.07) is 35.7. The summed E-state index contributed by atoms with van der Waals surface area (Å²) in [6.45, 7) is 1.43. The maximum Gasteiger partial charge on any atom is 0.243 e. The number of hydrogen-bond acceptors (Lipinski definition) is 3. The Morgan fingerprint density at radius 1 is 0.528 bits per heavy atom. The van der Waals surface area contributed by atoms with Crippen molar-refractivity contribution >= 4 is 31.6 Å². The van der Waals surface area contributed by atoms with Gasteiger partial charge in [-0.05, 0) is 70.5 Å². The molecule has 0 aliphatic carbocycles. The summed E-state index contributed by atoms with van der Waals surface area (Å²) < 4.78 is 29.5. The molecule has 0 spiro atoms. The lowest BCUT2D eigenvalue weighted by atomic mass is 10.1. The molecule has 5 rings (SSSR count). The van der Waals surface area contributed by atoms with E-state index < -0.39 is 10.0 Å². The molecule has 0 aliphatic rings. The molecule has 0 N–H and O–H groups in total. The molecule has 5 aromatic carbocycles. The Kier molecular flexibility index (Phi) is 6.88. The fourth-order valence-electron chi connectivity index (χ4n) is 4.56. The van der Waals surface area contributed by atoms with Crippen LogP contribution in [0.25, 0.3) is 21.5 Å². The Hall–Kier alpha value is -3.51. The number of rotatable bonds is 8. The zero-order valence-corrected chi connectivity index (χ0v) is 21.4. The van der Waals surface area contributed by atoms with Gasteiger partial charge in [-0.15, -0.1) is 0 Å². The summed E-state index contributed by atoms with van der Waals surface area (Å²) in [7, 11) is 0.328. The van der Waals surface area contributed by atoms with Crippen LogP contribution in [0.4, 0.5) is 0 Å². The second kappa shape index (κ2) is 10.2. The Morgan fingerprint density at radius 2 is 1.00 bits per heavy atom. The first-order valence-electron chi connectivity index (χ1n) is 12.1. The molecule has 0 aromatic heterocycles. The molecule has 182 valence electrons. The molecule has 0 saturated heterocycles. The molecule has 0 atom stereocenters. The molecule has 0 radical (unpaired) electrons. The van der Waals surface area contributed by atoms with Crippen molar-refractivity contribution in [2.24, 2.45) is 0 Å². The maximum atomic E-state index is 14.0. The molecule has 0 fully saturated rings. The zero-order valence-electron chi connectivity index (χ0n) is 20.6. The van der Waals surface area contributed by atoms with E-state index in [-0.39, 0.29) is 0 Å². The van der Waals surface area contributed by atoms with Crippen LogP contribution in [-0.4, -0.2) is 31.7 Å². The third kappa shape index (κ3) is 5.34. The molecule has 5 aromatic rings. The van der Waals surface area contributed by atoms with Gasteiger partial charge < -0.3 is 4.90 Å². The van der Waals surface area contributed by atoms with Crippen molar-refractivity contribution in [3.8, 4) is 0 Å². The fraction of sp³-hybridized carbons (Fsp3) is 0.161. The minimum Gasteiger partial charge on any atom is -0.305 e. The van der Waals surface area contributed by atoms with E-state index in [1.165, 1.54) is 5.56 Å². The number of sulfonamides is 1. The van der Waals surface area contributed by atoms with Crippen LogP contribution >= 0.6 is 0 Å². The van der Waals surface area contributed by atoms with Crippen molar-refractivity contribution in [2.75, 3.05) is 14.1 Å². The highest BCUT2D eigenvalue weighted by Crippen LogP contribution is 2.26.